The number of benzene rings is 1. The molecular weight excluding hydrogens is 404 g/mol. The van der Waals surface area contributed by atoms with Gasteiger partial charge in [-0.05, 0) is 60.1 Å². The standard InChI is InChI=1S/C27H30O5/c1-15(2)20-12-17-8-11-21-26(3,4)13-19(14-27(21,5)22(17)24(30)23(20)29)32-25(31)16-6-9-18(28)10-7-16/h6-12,15,19,28,30H,13-14H2,1-5H3. The van der Waals surface area contributed by atoms with Crippen LogP contribution in [0.2, 0.25) is 0 Å². The first kappa shape index (κ1) is 22.1. The number of Topliss-reactive ketones (excluding diaryl/α,β-unsaturated/α-hetero) is 1. The average molecular weight is 435 g/mol. The molecular formula is C27H30O5. The zero-order valence-electron chi connectivity index (χ0n) is 19.2. The van der Waals surface area contributed by atoms with Crippen molar-refractivity contribution in [3.05, 3.63) is 76.1 Å². The fraction of sp³-hybridized carbons (Fsp3) is 0.407. The van der Waals surface area contributed by atoms with Gasteiger partial charge in [0.1, 0.15) is 11.9 Å². The van der Waals surface area contributed by atoms with E-state index in [-0.39, 0.29) is 28.6 Å². The number of aromatic hydroxyl groups is 1. The Morgan fingerprint density at radius 3 is 2.34 bits per heavy atom. The quantitative estimate of drug-likeness (QED) is 0.606. The second-order valence-electron chi connectivity index (χ2n) is 10.2. The van der Waals surface area contributed by atoms with Crippen LogP contribution in [0.4, 0.5) is 0 Å². The van der Waals surface area contributed by atoms with Crippen molar-refractivity contribution in [1.29, 1.82) is 0 Å². The number of phenolic OH excluding ortho intramolecular Hbond substituents is 1. The van der Waals surface area contributed by atoms with Crippen molar-refractivity contribution in [2.45, 2.75) is 53.6 Å². The third kappa shape index (κ3) is 3.50. The van der Waals surface area contributed by atoms with Crippen molar-refractivity contribution in [3.63, 3.8) is 0 Å². The van der Waals surface area contributed by atoms with Crippen LogP contribution in [-0.4, -0.2) is 28.1 Å². The van der Waals surface area contributed by atoms with E-state index in [0.717, 1.165) is 11.1 Å². The van der Waals surface area contributed by atoms with E-state index in [2.05, 4.69) is 19.9 Å². The Hall–Kier alpha value is -3.08. The highest BCUT2D eigenvalue weighted by molar-refractivity contribution is 6.10. The minimum absolute atomic E-state index is 0.00657. The van der Waals surface area contributed by atoms with Crippen molar-refractivity contribution in [2.24, 2.45) is 16.7 Å². The van der Waals surface area contributed by atoms with Crippen molar-refractivity contribution < 1.29 is 24.5 Å². The Kier molecular flexibility index (Phi) is 5.19. The number of hydrogen-bond acceptors (Lipinski definition) is 5. The maximum atomic E-state index is 12.9. The van der Waals surface area contributed by atoms with E-state index in [0.29, 0.717) is 29.6 Å². The van der Waals surface area contributed by atoms with Crippen LogP contribution in [0.3, 0.4) is 0 Å². The Morgan fingerprint density at radius 2 is 1.72 bits per heavy atom. The lowest BCUT2D eigenvalue weighted by Gasteiger charge is -2.52. The first-order chi connectivity index (χ1) is 14.9. The minimum atomic E-state index is -0.634. The molecule has 32 heavy (non-hydrogen) atoms. The number of ether oxygens (including phenoxy) is 1. The molecule has 1 fully saturated rings. The molecule has 0 aliphatic heterocycles. The number of aliphatic hydroxyl groups is 1. The summed E-state index contributed by atoms with van der Waals surface area (Å²) < 4.78 is 5.90. The highest BCUT2D eigenvalue weighted by Crippen LogP contribution is 2.59. The van der Waals surface area contributed by atoms with Gasteiger partial charge >= 0.3 is 5.97 Å². The predicted octanol–water partition coefficient (Wildman–Crippen LogP) is 5.59. The van der Waals surface area contributed by atoms with E-state index < -0.39 is 17.5 Å². The van der Waals surface area contributed by atoms with Gasteiger partial charge in [0.15, 0.2) is 5.76 Å². The number of carbonyl (C=O) groups excluding carboxylic acids is 2. The van der Waals surface area contributed by atoms with E-state index in [1.165, 1.54) is 24.3 Å². The van der Waals surface area contributed by atoms with E-state index in [1.807, 2.05) is 32.9 Å². The third-order valence-corrected chi connectivity index (χ3v) is 6.99. The number of aliphatic hydroxyl groups excluding tert-OH is 1. The summed E-state index contributed by atoms with van der Waals surface area (Å²) in [7, 11) is 0. The number of ketones is 1. The molecule has 0 bridgehead atoms. The zero-order chi connectivity index (χ0) is 23.4. The first-order valence-corrected chi connectivity index (χ1v) is 11.1. The Morgan fingerprint density at radius 1 is 1.06 bits per heavy atom. The van der Waals surface area contributed by atoms with Gasteiger partial charge in [-0.2, -0.15) is 0 Å². The summed E-state index contributed by atoms with van der Waals surface area (Å²) in [5, 5.41) is 20.5. The second-order valence-corrected chi connectivity index (χ2v) is 10.2. The topological polar surface area (TPSA) is 83.8 Å². The Labute approximate surface area is 188 Å². The molecule has 2 atom stereocenters. The fourth-order valence-corrected chi connectivity index (χ4v) is 5.62. The number of allylic oxidation sites excluding steroid dienone is 7. The normalized spacial score (nSPS) is 26.6. The molecule has 3 aliphatic rings. The second kappa shape index (κ2) is 7.51. The molecule has 1 aromatic rings. The van der Waals surface area contributed by atoms with Gasteiger partial charge in [-0.1, -0.05) is 52.3 Å². The molecule has 0 aromatic heterocycles. The maximum absolute atomic E-state index is 12.9. The molecule has 4 rings (SSSR count). The Bertz CT molecular complexity index is 1110. The molecule has 0 saturated heterocycles. The fourth-order valence-electron chi connectivity index (χ4n) is 5.62. The lowest BCUT2D eigenvalue weighted by molar-refractivity contribution is -0.115. The lowest BCUT2D eigenvalue weighted by Crippen LogP contribution is -2.46. The summed E-state index contributed by atoms with van der Waals surface area (Å²) in [6.45, 7) is 10.1. The van der Waals surface area contributed by atoms with Crippen LogP contribution in [0, 0.1) is 16.7 Å². The number of esters is 1. The maximum Gasteiger partial charge on any atom is 0.338 e. The van der Waals surface area contributed by atoms with Crippen LogP contribution in [0.5, 0.6) is 5.75 Å². The Balaban J connectivity index is 1.71. The summed E-state index contributed by atoms with van der Waals surface area (Å²) in [6.07, 6.45) is 6.70. The molecule has 1 saturated carbocycles. The van der Waals surface area contributed by atoms with Gasteiger partial charge in [-0.15, -0.1) is 0 Å². The van der Waals surface area contributed by atoms with Crippen molar-refractivity contribution >= 4 is 11.8 Å². The van der Waals surface area contributed by atoms with Gasteiger partial charge in [0.2, 0.25) is 5.78 Å². The SMILES string of the molecule is CC(C)C1=CC2=CC=C3C(C)(C)CC(OC(=O)c4ccc(O)cc4)CC3(C)C2=C(O)C1=O. The third-order valence-electron chi connectivity index (χ3n) is 6.99. The average Bonchev–Trinajstić information content (AvgIpc) is 2.69. The highest BCUT2D eigenvalue weighted by atomic mass is 16.5. The van der Waals surface area contributed by atoms with Crippen LogP contribution in [0.1, 0.15) is 57.8 Å². The molecule has 0 amide bonds. The monoisotopic (exact) mass is 434 g/mol. The largest absolute Gasteiger partial charge is 0.508 e. The number of phenols is 1. The zero-order valence-corrected chi connectivity index (χ0v) is 19.2. The number of carbonyl (C=O) groups is 2. The van der Waals surface area contributed by atoms with E-state index in [4.69, 9.17) is 4.74 Å². The molecule has 2 unspecified atom stereocenters. The summed E-state index contributed by atoms with van der Waals surface area (Å²) >= 11 is 0. The molecule has 1 aromatic carbocycles. The first-order valence-electron chi connectivity index (χ1n) is 11.1. The summed E-state index contributed by atoms with van der Waals surface area (Å²) in [5.74, 6) is -0.879. The minimum Gasteiger partial charge on any atom is -0.508 e. The van der Waals surface area contributed by atoms with Gasteiger partial charge in [0.05, 0.1) is 5.56 Å². The van der Waals surface area contributed by atoms with Crippen molar-refractivity contribution in [1.82, 2.24) is 0 Å². The molecule has 168 valence electrons. The van der Waals surface area contributed by atoms with E-state index >= 15 is 0 Å². The molecule has 3 aliphatic carbocycles. The van der Waals surface area contributed by atoms with Gasteiger partial charge < -0.3 is 14.9 Å². The number of rotatable bonds is 3. The van der Waals surface area contributed by atoms with Crippen molar-refractivity contribution in [3.8, 4) is 5.75 Å². The van der Waals surface area contributed by atoms with Crippen LogP contribution in [0.15, 0.2) is 70.5 Å². The lowest BCUT2D eigenvalue weighted by atomic mass is 9.53. The number of fused-ring (bicyclic) bond motifs is 3. The molecule has 2 N–H and O–H groups in total. The summed E-state index contributed by atoms with van der Waals surface area (Å²) in [6, 6.07) is 5.98. The summed E-state index contributed by atoms with van der Waals surface area (Å²) in [4.78, 5) is 25.7. The van der Waals surface area contributed by atoms with Gasteiger partial charge in [0.25, 0.3) is 0 Å². The van der Waals surface area contributed by atoms with Crippen LogP contribution < -0.4 is 0 Å². The highest BCUT2D eigenvalue weighted by Gasteiger charge is 2.52. The molecule has 0 radical (unpaired) electrons. The molecule has 0 spiro atoms. The molecule has 5 heteroatoms. The smallest absolute Gasteiger partial charge is 0.338 e. The van der Waals surface area contributed by atoms with E-state index in [9.17, 15) is 19.8 Å². The summed E-state index contributed by atoms with van der Waals surface area (Å²) in [5.41, 5.74) is 2.64. The number of hydrogen-bond donors (Lipinski definition) is 2. The van der Waals surface area contributed by atoms with Crippen molar-refractivity contribution in [2.75, 3.05) is 0 Å². The molecule has 5 nitrogen and oxygen atoms in total. The van der Waals surface area contributed by atoms with Crippen LogP contribution in [0.25, 0.3) is 0 Å². The van der Waals surface area contributed by atoms with Gasteiger partial charge in [-0.3, -0.25) is 4.79 Å². The van der Waals surface area contributed by atoms with Gasteiger partial charge in [-0.25, -0.2) is 4.79 Å². The van der Waals surface area contributed by atoms with Gasteiger partial charge in [0, 0.05) is 16.6 Å². The van der Waals surface area contributed by atoms with E-state index in [1.54, 1.807) is 0 Å². The molecule has 0 heterocycles. The van der Waals surface area contributed by atoms with Crippen LogP contribution >= 0.6 is 0 Å². The van der Waals surface area contributed by atoms with Crippen LogP contribution in [-0.2, 0) is 9.53 Å². The predicted molar refractivity (Wildman–Crippen MR) is 122 cm³/mol.